The third-order valence-electron chi connectivity index (χ3n) is 6.08. The Morgan fingerprint density at radius 2 is 2.23 bits per heavy atom. The first kappa shape index (κ1) is 21.1. The maximum absolute atomic E-state index is 12.8. The molecule has 2 unspecified atom stereocenters. The quantitative estimate of drug-likeness (QED) is 0.597. The van der Waals surface area contributed by atoms with E-state index in [4.69, 9.17) is 9.72 Å². The molecule has 0 spiro atoms. The lowest BCUT2D eigenvalue weighted by molar-refractivity contribution is -0.154. The van der Waals surface area contributed by atoms with E-state index < -0.39 is 12.0 Å². The van der Waals surface area contributed by atoms with Crippen molar-refractivity contribution < 1.29 is 19.4 Å². The molecule has 8 nitrogen and oxygen atoms in total. The second-order valence-electron chi connectivity index (χ2n) is 8.17. The summed E-state index contributed by atoms with van der Waals surface area (Å²) in [6, 6.07) is 7.19. The van der Waals surface area contributed by atoms with Crippen LogP contribution >= 0.6 is 0 Å². The summed E-state index contributed by atoms with van der Waals surface area (Å²) in [5.41, 5.74) is 3.03. The summed E-state index contributed by atoms with van der Waals surface area (Å²) in [6.45, 7) is 1.54. The molecule has 0 aliphatic carbocycles. The zero-order chi connectivity index (χ0) is 21.8. The van der Waals surface area contributed by atoms with Crippen LogP contribution in [0, 0.1) is 5.92 Å². The number of anilines is 1. The van der Waals surface area contributed by atoms with E-state index in [0.29, 0.717) is 18.0 Å². The molecule has 2 aromatic heterocycles. The molecule has 1 saturated heterocycles. The highest BCUT2D eigenvalue weighted by Gasteiger charge is 2.41. The lowest BCUT2D eigenvalue weighted by atomic mass is 9.88. The van der Waals surface area contributed by atoms with Gasteiger partial charge >= 0.3 is 5.97 Å². The van der Waals surface area contributed by atoms with Crippen LogP contribution in [0.5, 0.6) is 5.88 Å². The minimum atomic E-state index is -0.941. The number of carbonyl (C=O) groups is 2. The van der Waals surface area contributed by atoms with E-state index in [0.717, 1.165) is 50.2 Å². The lowest BCUT2D eigenvalue weighted by Crippen LogP contribution is -2.54. The summed E-state index contributed by atoms with van der Waals surface area (Å²) in [7, 11) is 1.52. The number of carbonyl (C=O) groups excluding carboxylic acids is 1. The fourth-order valence-corrected chi connectivity index (χ4v) is 4.34. The van der Waals surface area contributed by atoms with Crippen molar-refractivity contribution in [3.63, 3.8) is 0 Å². The minimum Gasteiger partial charge on any atom is -0.481 e. The second-order valence-corrected chi connectivity index (χ2v) is 8.17. The Bertz CT molecular complexity index is 947. The van der Waals surface area contributed by atoms with Crippen molar-refractivity contribution in [2.45, 2.75) is 44.6 Å². The van der Waals surface area contributed by atoms with Crippen LogP contribution in [0.25, 0.3) is 0 Å². The van der Waals surface area contributed by atoms with E-state index in [1.54, 1.807) is 23.2 Å². The van der Waals surface area contributed by atoms with Gasteiger partial charge in [0, 0.05) is 31.0 Å². The van der Waals surface area contributed by atoms with Crippen molar-refractivity contribution >= 4 is 17.7 Å². The first-order valence-corrected chi connectivity index (χ1v) is 10.8. The molecule has 164 valence electrons. The van der Waals surface area contributed by atoms with Gasteiger partial charge in [-0.1, -0.05) is 12.1 Å². The fraction of sp³-hybridized carbons (Fsp3) is 0.478. The number of hydrogen-bond donors (Lipinski definition) is 2. The Balaban J connectivity index is 1.32. The molecule has 2 aromatic rings. The first-order valence-electron chi connectivity index (χ1n) is 10.8. The number of hydrogen-bond acceptors (Lipinski definition) is 6. The molecule has 2 aliphatic heterocycles. The number of aryl methyl sites for hydroxylation is 2. The van der Waals surface area contributed by atoms with E-state index in [2.05, 4.69) is 22.4 Å². The third-order valence-corrected chi connectivity index (χ3v) is 6.08. The summed E-state index contributed by atoms with van der Waals surface area (Å²) in [5.74, 6) is 0.473. The molecular formula is C23H28N4O4. The summed E-state index contributed by atoms with van der Waals surface area (Å²) in [6.07, 6.45) is 6.15. The molecular weight excluding hydrogens is 396 g/mol. The summed E-state index contributed by atoms with van der Waals surface area (Å²) < 4.78 is 5.06. The van der Waals surface area contributed by atoms with Crippen molar-refractivity contribution in [1.82, 2.24) is 14.9 Å². The molecule has 2 atom stereocenters. The van der Waals surface area contributed by atoms with Gasteiger partial charge in [0.1, 0.15) is 5.82 Å². The van der Waals surface area contributed by atoms with Crippen molar-refractivity contribution in [3.8, 4) is 5.88 Å². The number of aromatic nitrogens is 2. The molecule has 2 aliphatic rings. The normalized spacial score (nSPS) is 18.5. The average molecular weight is 425 g/mol. The molecule has 0 saturated carbocycles. The van der Waals surface area contributed by atoms with Crippen molar-refractivity contribution in [2.75, 3.05) is 25.5 Å². The molecule has 4 heterocycles. The SMILES string of the molecule is COc1ccc(C(CC(=O)O)N2CC(CCCc3ccc4c(n3)NCCC4)C2=O)cn1. The zero-order valence-electron chi connectivity index (χ0n) is 17.7. The van der Waals surface area contributed by atoms with E-state index >= 15 is 0 Å². The number of amides is 1. The smallest absolute Gasteiger partial charge is 0.305 e. The number of aliphatic carboxylic acids is 1. The Hall–Kier alpha value is -3.16. The number of fused-ring (bicyclic) bond motifs is 1. The second kappa shape index (κ2) is 9.32. The average Bonchev–Trinajstić information content (AvgIpc) is 2.79. The predicted molar refractivity (Wildman–Crippen MR) is 115 cm³/mol. The summed E-state index contributed by atoms with van der Waals surface area (Å²) in [5, 5.41) is 12.7. The van der Waals surface area contributed by atoms with Gasteiger partial charge in [-0.15, -0.1) is 0 Å². The van der Waals surface area contributed by atoms with Gasteiger partial charge in [0.2, 0.25) is 11.8 Å². The van der Waals surface area contributed by atoms with E-state index in [1.165, 1.54) is 12.7 Å². The van der Waals surface area contributed by atoms with Crippen LogP contribution in [0.4, 0.5) is 5.82 Å². The number of methoxy groups -OCH3 is 1. The number of carboxylic acid groups (broad SMARTS) is 1. The Morgan fingerprint density at radius 1 is 1.35 bits per heavy atom. The highest BCUT2D eigenvalue weighted by molar-refractivity contribution is 5.85. The van der Waals surface area contributed by atoms with Gasteiger partial charge in [-0.05, 0) is 49.3 Å². The molecule has 0 radical (unpaired) electrons. The van der Waals surface area contributed by atoms with Crippen LogP contribution in [0.2, 0.25) is 0 Å². The molecule has 0 aromatic carbocycles. The van der Waals surface area contributed by atoms with E-state index in [-0.39, 0.29) is 18.2 Å². The fourth-order valence-electron chi connectivity index (χ4n) is 4.34. The highest BCUT2D eigenvalue weighted by atomic mass is 16.5. The van der Waals surface area contributed by atoms with Gasteiger partial charge in [-0.3, -0.25) is 9.59 Å². The van der Waals surface area contributed by atoms with E-state index in [1.807, 2.05) is 0 Å². The molecule has 31 heavy (non-hydrogen) atoms. The maximum Gasteiger partial charge on any atom is 0.305 e. The Labute approximate surface area is 181 Å². The number of nitrogens with one attached hydrogen (secondary N) is 1. The zero-order valence-corrected chi connectivity index (χ0v) is 17.7. The number of carboxylic acids is 1. The Kier molecular flexibility index (Phi) is 6.34. The van der Waals surface area contributed by atoms with Crippen molar-refractivity contribution in [1.29, 1.82) is 0 Å². The maximum atomic E-state index is 12.8. The number of ether oxygens (including phenoxy) is 1. The predicted octanol–water partition coefficient (Wildman–Crippen LogP) is 2.84. The van der Waals surface area contributed by atoms with E-state index in [9.17, 15) is 14.7 Å². The van der Waals surface area contributed by atoms with Gasteiger partial charge in [-0.25, -0.2) is 9.97 Å². The van der Waals surface area contributed by atoms with Crippen LogP contribution in [0.15, 0.2) is 30.5 Å². The minimum absolute atomic E-state index is 0.0159. The van der Waals surface area contributed by atoms with Gasteiger partial charge in [-0.2, -0.15) is 0 Å². The number of pyridine rings is 2. The van der Waals surface area contributed by atoms with Crippen LogP contribution in [0.1, 0.15) is 48.5 Å². The van der Waals surface area contributed by atoms with Crippen LogP contribution in [-0.4, -0.2) is 52.1 Å². The largest absolute Gasteiger partial charge is 0.481 e. The third kappa shape index (κ3) is 4.78. The first-order chi connectivity index (χ1) is 15.0. The van der Waals surface area contributed by atoms with Crippen molar-refractivity contribution in [2.24, 2.45) is 5.92 Å². The van der Waals surface area contributed by atoms with Gasteiger partial charge in [0.05, 0.1) is 25.5 Å². The molecule has 4 rings (SSSR count). The van der Waals surface area contributed by atoms with Crippen LogP contribution in [0.3, 0.4) is 0 Å². The molecule has 2 N–H and O–H groups in total. The number of nitrogens with zero attached hydrogens (tertiary/aromatic N) is 3. The van der Waals surface area contributed by atoms with Crippen LogP contribution in [-0.2, 0) is 22.4 Å². The molecule has 8 heteroatoms. The topological polar surface area (TPSA) is 105 Å². The molecule has 1 fully saturated rings. The Morgan fingerprint density at radius 3 is 2.94 bits per heavy atom. The summed E-state index contributed by atoms with van der Waals surface area (Å²) in [4.78, 5) is 34.7. The highest BCUT2D eigenvalue weighted by Crippen LogP contribution is 2.35. The number of likely N-dealkylation sites (tertiary alicyclic amines) is 1. The number of β-lactam (4-membered cyclic amide) rings is 1. The van der Waals surface area contributed by atoms with Crippen molar-refractivity contribution in [3.05, 3.63) is 47.3 Å². The monoisotopic (exact) mass is 424 g/mol. The van der Waals surface area contributed by atoms with Gasteiger partial charge < -0.3 is 20.1 Å². The van der Waals surface area contributed by atoms with Crippen LogP contribution < -0.4 is 10.1 Å². The number of rotatable bonds is 9. The molecule has 1 amide bonds. The van der Waals surface area contributed by atoms with Gasteiger partial charge in [0.25, 0.3) is 0 Å². The molecule has 0 bridgehead atoms. The standard InChI is InChI=1S/C23H28N4O4/c1-31-20-10-8-16(13-25-20)19(12-21(28)29)27-14-17(23(27)30)4-2-6-18-9-7-15-5-3-11-24-22(15)26-18/h7-10,13,17,19H,2-6,11-12,14H2,1H3,(H,24,26)(H,28,29). The summed E-state index contributed by atoms with van der Waals surface area (Å²) >= 11 is 0. The lowest BCUT2D eigenvalue weighted by Gasteiger charge is -2.43. The van der Waals surface area contributed by atoms with Gasteiger partial charge in [0.15, 0.2) is 0 Å².